The quantitative estimate of drug-likeness (QED) is 0.730. The molecule has 1 aliphatic heterocycles. The molecule has 1 aliphatic rings. The van der Waals surface area contributed by atoms with E-state index in [4.69, 9.17) is 9.47 Å². The molecule has 5 heteroatoms. The van der Waals surface area contributed by atoms with Gasteiger partial charge in [0.2, 0.25) is 5.91 Å². The van der Waals surface area contributed by atoms with Crippen molar-refractivity contribution in [2.24, 2.45) is 0 Å². The van der Waals surface area contributed by atoms with Gasteiger partial charge in [-0.25, -0.2) is 0 Å². The molecule has 1 heterocycles. The van der Waals surface area contributed by atoms with Crippen molar-refractivity contribution in [3.05, 3.63) is 0 Å². The van der Waals surface area contributed by atoms with Crippen LogP contribution in [0.25, 0.3) is 0 Å². The summed E-state index contributed by atoms with van der Waals surface area (Å²) in [5.41, 5.74) is 0.0562. The van der Waals surface area contributed by atoms with E-state index >= 15 is 0 Å². The van der Waals surface area contributed by atoms with E-state index in [-0.39, 0.29) is 17.6 Å². The van der Waals surface area contributed by atoms with Crippen molar-refractivity contribution in [2.45, 2.75) is 38.8 Å². The van der Waals surface area contributed by atoms with Crippen LogP contribution in [0.1, 0.15) is 27.2 Å². The molecular weight excluding hydrogens is 220 g/mol. The summed E-state index contributed by atoms with van der Waals surface area (Å²) in [6.45, 7) is 9.31. The summed E-state index contributed by atoms with van der Waals surface area (Å²) in [4.78, 5) is 11.5. The molecule has 0 aromatic heterocycles. The lowest BCUT2D eigenvalue weighted by atomic mass is 10.1. The standard InChI is InChI=1S/C12H24N2O3/c1-12(2,3)14-5-4-11(15)13-8-10-9-16-6-7-17-10/h10,14H,4-9H2,1-3H3,(H,13,15). The zero-order valence-electron chi connectivity index (χ0n) is 11.0. The van der Waals surface area contributed by atoms with Crippen LogP contribution >= 0.6 is 0 Å². The Labute approximate surface area is 103 Å². The molecule has 0 aliphatic carbocycles. The molecule has 1 fully saturated rings. The average Bonchev–Trinajstić information content (AvgIpc) is 2.26. The molecule has 2 N–H and O–H groups in total. The van der Waals surface area contributed by atoms with E-state index < -0.39 is 0 Å². The number of nitrogens with one attached hydrogen (secondary N) is 2. The van der Waals surface area contributed by atoms with Crippen LogP contribution in [0.4, 0.5) is 0 Å². The summed E-state index contributed by atoms with van der Waals surface area (Å²) in [6.07, 6.45) is 0.494. The van der Waals surface area contributed by atoms with Gasteiger partial charge in [0.05, 0.1) is 25.9 Å². The van der Waals surface area contributed by atoms with Crippen molar-refractivity contribution in [2.75, 3.05) is 32.9 Å². The lowest BCUT2D eigenvalue weighted by Crippen LogP contribution is -2.42. The predicted octanol–water partition coefficient (Wildman–Crippen LogP) is 0.296. The highest BCUT2D eigenvalue weighted by Gasteiger charge is 2.15. The maximum absolute atomic E-state index is 11.5. The Morgan fingerprint density at radius 2 is 2.12 bits per heavy atom. The Morgan fingerprint density at radius 1 is 1.35 bits per heavy atom. The zero-order chi connectivity index (χ0) is 12.7. The number of carbonyl (C=O) groups is 1. The predicted molar refractivity (Wildman–Crippen MR) is 65.9 cm³/mol. The summed E-state index contributed by atoms with van der Waals surface area (Å²) in [6, 6.07) is 0. The number of ether oxygens (including phenoxy) is 2. The first-order valence-electron chi connectivity index (χ1n) is 6.18. The summed E-state index contributed by atoms with van der Waals surface area (Å²) in [5, 5.41) is 6.13. The third-order valence-electron chi connectivity index (χ3n) is 2.42. The molecule has 1 amide bonds. The molecule has 1 unspecified atom stereocenters. The fourth-order valence-electron chi connectivity index (χ4n) is 1.52. The van der Waals surface area contributed by atoms with Crippen molar-refractivity contribution < 1.29 is 14.3 Å². The van der Waals surface area contributed by atoms with E-state index in [0.29, 0.717) is 39.3 Å². The molecule has 17 heavy (non-hydrogen) atoms. The van der Waals surface area contributed by atoms with Crippen LogP contribution in [0, 0.1) is 0 Å². The van der Waals surface area contributed by atoms with E-state index in [1.807, 2.05) is 0 Å². The minimum atomic E-state index is 0.00303. The summed E-state index contributed by atoms with van der Waals surface area (Å²) in [7, 11) is 0. The maximum Gasteiger partial charge on any atom is 0.221 e. The third kappa shape index (κ3) is 7.31. The van der Waals surface area contributed by atoms with Crippen molar-refractivity contribution in [1.82, 2.24) is 10.6 Å². The van der Waals surface area contributed by atoms with E-state index in [1.165, 1.54) is 0 Å². The van der Waals surface area contributed by atoms with Crippen LogP contribution in [0.15, 0.2) is 0 Å². The molecule has 100 valence electrons. The van der Waals surface area contributed by atoms with Gasteiger partial charge in [0, 0.05) is 25.0 Å². The van der Waals surface area contributed by atoms with Crippen LogP contribution in [-0.4, -0.2) is 50.5 Å². The minimum Gasteiger partial charge on any atom is -0.376 e. The van der Waals surface area contributed by atoms with Crippen LogP contribution in [0.3, 0.4) is 0 Å². The van der Waals surface area contributed by atoms with Gasteiger partial charge in [0.1, 0.15) is 0 Å². The van der Waals surface area contributed by atoms with E-state index in [0.717, 1.165) is 0 Å². The monoisotopic (exact) mass is 244 g/mol. The Bertz CT molecular complexity index is 232. The molecule has 1 atom stereocenters. The van der Waals surface area contributed by atoms with Crippen LogP contribution < -0.4 is 10.6 Å². The van der Waals surface area contributed by atoms with Gasteiger partial charge >= 0.3 is 0 Å². The highest BCUT2D eigenvalue weighted by atomic mass is 16.6. The largest absolute Gasteiger partial charge is 0.376 e. The van der Waals surface area contributed by atoms with Crippen LogP contribution in [0.2, 0.25) is 0 Å². The van der Waals surface area contributed by atoms with Crippen LogP contribution in [0.5, 0.6) is 0 Å². The second kappa shape index (κ2) is 6.93. The highest BCUT2D eigenvalue weighted by molar-refractivity contribution is 5.76. The molecule has 0 bridgehead atoms. The Morgan fingerprint density at radius 3 is 2.71 bits per heavy atom. The lowest BCUT2D eigenvalue weighted by molar-refractivity contribution is -0.123. The Hall–Kier alpha value is -0.650. The van der Waals surface area contributed by atoms with Gasteiger partial charge in [-0.15, -0.1) is 0 Å². The van der Waals surface area contributed by atoms with Crippen LogP contribution in [-0.2, 0) is 14.3 Å². The van der Waals surface area contributed by atoms with Crippen molar-refractivity contribution in [3.8, 4) is 0 Å². The van der Waals surface area contributed by atoms with E-state index in [2.05, 4.69) is 31.4 Å². The molecule has 1 saturated heterocycles. The van der Waals surface area contributed by atoms with Crippen molar-refractivity contribution >= 4 is 5.91 Å². The van der Waals surface area contributed by atoms with E-state index in [9.17, 15) is 4.79 Å². The molecule has 5 nitrogen and oxygen atoms in total. The first-order chi connectivity index (χ1) is 7.97. The third-order valence-corrected chi connectivity index (χ3v) is 2.42. The second-order valence-electron chi connectivity index (χ2n) is 5.30. The highest BCUT2D eigenvalue weighted by Crippen LogP contribution is 2.00. The van der Waals surface area contributed by atoms with Gasteiger partial charge in [-0.3, -0.25) is 4.79 Å². The number of amides is 1. The van der Waals surface area contributed by atoms with Gasteiger partial charge in [-0.05, 0) is 20.8 Å². The Balaban J connectivity index is 2.04. The first-order valence-corrected chi connectivity index (χ1v) is 6.18. The summed E-state index contributed by atoms with van der Waals surface area (Å²) in [5.74, 6) is 0.0518. The van der Waals surface area contributed by atoms with Crippen molar-refractivity contribution in [3.63, 3.8) is 0 Å². The van der Waals surface area contributed by atoms with E-state index in [1.54, 1.807) is 0 Å². The number of hydrogen-bond acceptors (Lipinski definition) is 4. The molecular formula is C12H24N2O3. The maximum atomic E-state index is 11.5. The lowest BCUT2D eigenvalue weighted by Gasteiger charge is -2.23. The fourth-order valence-corrected chi connectivity index (χ4v) is 1.52. The smallest absolute Gasteiger partial charge is 0.221 e. The SMILES string of the molecule is CC(C)(C)NCCC(=O)NCC1COCCO1. The van der Waals surface area contributed by atoms with Crippen molar-refractivity contribution in [1.29, 1.82) is 0 Å². The van der Waals surface area contributed by atoms with Gasteiger partial charge in [-0.2, -0.15) is 0 Å². The molecule has 0 spiro atoms. The summed E-state index contributed by atoms with van der Waals surface area (Å²) < 4.78 is 10.7. The zero-order valence-corrected chi connectivity index (χ0v) is 11.0. The van der Waals surface area contributed by atoms with Gasteiger partial charge < -0.3 is 20.1 Å². The summed E-state index contributed by atoms with van der Waals surface area (Å²) >= 11 is 0. The van der Waals surface area contributed by atoms with Gasteiger partial charge in [0.25, 0.3) is 0 Å². The topological polar surface area (TPSA) is 59.6 Å². The molecule has 1 rings (SSSR count). The number of hydrogen-bond donors (Lipinski definition) is 2. The van der Waals surface area contributed by atoms with Gasteiger partial charge in [-0.1, -0.05) is 0 Å². The Kier molecular flexibility index (Phi) is 5.88. The molecule has 0 aromatic carbocycles. The first kappa shape index (κ1) is 14.4. The van der Waals surface area contributed by atoms with Gasteiger partial charge in [0.15, 0.2) is 0 Å². The average molecular weight is 244 g/mol. The fraction of sp³-hybridized carbons (Fsp3) is 0.917. The molecule has 0 saturated carbocycles. The number of carbonyl (C=O) groups excluding carboxylic acids is 1. The second-order valence-corrected chi connectivity index (χ2v) is 5.30. The minimum absolute atomic E-state index is 0.00303. The normalized spacial score (nSPS) is 21.2. The molecule has 0 radical (unpaired) electrons. The number of rotatable bonds is 5. The molecule has 0 aromatic rings.